The number of ether oxygens (including phenoxy) is 1. The van der Waals surface area contributed by atoms with Crippen molar-refractivity contribution in [3.05, 3.63) is 29.3 Å². The quantitative estimate of drug-likeness (QED) is 0.445. The van der Waals surface area contributed by atoms with Gasteiger partial charge in [0.05, 0.1) is 42.5 Å². The van der Waals surface area contributed by atoms with Gasteiger partial charge in [0.15, 0.2) is 12.4 Å². The van der Waals surface area contributed by atoms with Crippen molar-refractivity contribution in [3.63, 3.8) is 0 Å². The van der Waals surface area contributed by atoms with Crippen molar-refractivity contribution >= 4 is 11.7 Å². The molecule has 0 spiro atoms. The monoisotopic (exact) mass is 343 g/mol. The van der Waals surface area contributed by atoms with Crippen molar-refractivity contribution in [2.75, 3.05) is 32.1 Å². The summed E-state index contributed by atoms with van der Waals surface area (Å²) < 4.78 is 6.51. The minimum atomic E-state index is -0.454. The zero-order valence-electron chi connectivity index (χ0n) is 14.2. The van der Waals surface area contributed by atoms with E-state index in [4.69, 9.17) is 10.00 Å². The molecule has 0 amide bonds. The molecule has 2 fully saturated rings. The summed E-state index contributed by atoms with van der Waals surface area (Å²) in [5.41, 5.74) is 8.38. The number of quaternary nitrogens is 1. The van der Waals surface area contributed by atoms with E-state index >= 15 is 0 Å². The number of hydrogen-bond donors (Lipinski definition) is 4. The first-order valence-electron chi connectivity index (χ1n) is 8.67. The van der Waals surface area contributed by atoms with Crippen LogP contribution in [0, 0.1) is 11.3 Å². The van der Waals surface area contributed by atoms with Crippen molar-refractivity contribution in [3.8, 4) is 6.07 Å². The van der Waals surface area contributed by atoms with Crippen LogP contribution in [0.2, 0.25) is 0 Å². The molecule has 25 heavy (non-hydrogen) atoms. The van der Waals surface area contributed by atoms with Gasteiger partial charge < -0.3 is 10.1 Å². The van der Waals surface area contributed by atoms with E-state index in [1.165, 1.54) is 0 Å². The highest BCUT2D eigenvalue weighted by atomic mass is 16.6. The molecule has 4 atom stereocenters. The Bertz CT molecular complexity index is 716. The number of anilines is 1. The van der Waals surface area contributed by atoms with Gasteiger partial charge in [-0.25, -0.2) is 15.6 Å². The summed E-state index contributed by atoms with van der Waals surface area (Å²) in [7, 11) is 2.25. The molecule has 3 aliphatic heterocycles. The summed E-state index contributed by atoms with van der Waals surface area (Å²) in [6.45, 7) is 3.11. The Morgan fingerprint density at radius 1 is 1.32 bits per heavy atom. The number of nitriles is 1. The van der Waals surface area contributed by atoms with Crippen LogP contribution in [0.1, 0.15) is 28.8 Å². The van der Waals surface area contributed by atoms with Gasteiger partial charge in [-0.15, -0.1) is 0 Å². The van der Waals surface area contributed by atoms with Crippen LogP contribution >= 0.6 is 0 Å². The normalized spacial score (nSPS) is 34.6. The predicted octanol–water partition coefficient (Wildman–Crippen LogP) is 0.0567. The van der Waals surface area contributed by atoms with Crippen molar-refractivity contribution in [2.45, 2.75) is 31.3 Å². The molecule has 0 saturated carbocycles. The number of benzene rings is 1. The molecule has 0 aliphatic carbocycles. The lowest BCUT2D eigenvalue weighted by molar-refractivity contribution is -0.927. The molecule has 132 valence electrons. The zero-order valence-corrected chi connectivity index (χ0v) is 14.2. The van der Waals surface area contributed by atoms with Crippen LogP contribution in [0.15, 0.2) is 18.2 Å². The van der Waals surface area contributed by atoms with Gasteiger partial charge in [0.25, 0.3) is 0 Å². The largest absolute Gasteiger partial charge is 0.436 e. The number of fused-ring (bicyclic) bond motifs is 1. The number of hydrazine groups is 1. The van der Waals surface area contributed by atoms with E-state index in [0.717, 1.165) is 37.1 Å². The van der Waals surface area contributed by atoms with Crippen molar-refractivity contribution in [1.29, 1.82) is 5.26 Å². The van der Waals surface area contributed by atoms with Crippen molar-refractivity contribution < 1.29 is 14.0 Å². The second kappa shape index (κ2) is 6.28. The fraction of sp³-hybridized carbons (Fsp3) is 0.529. The number of carbonyl (C=O) groups is 1. The molecular formula is C17H23N6O2+. The van der Waals surface area contributed by atoms with Gasteiger partial charge in [0.2, 0.25) is 0 Å². The molecule has 0 radical (unpaired) electrons. The number of likely N-dealkylation sites (N-methyl/N-ethyl adjacent to an activating group) is 1. The Hall–Kier alpha value is -2.18. The van der Waals surface area contributed by atoms with E-state index in [1.54, 1.807) is 18.2 Å². The Balaban J connectivity index is 1.43. The molecule has 4 N–H and O–H groups in total. The maximum Gasteiger partial charge on any atom is 0.342 e. The maximum absolute atomic E-state index is 12.3. The van der Waals surface area contributed by atoms with E-state index < -0.39 is 6.23 Å². The standard InChI is InChI=1S/C17H22N6O2/c1-23(7-6-19-10-23)15-5-4-13(21-22-15)16-20-14-8-11(9-18)2-3-12(14)17(24)25-16/h2-3,8,13,15-16,19,21-22H,4-7,10H2,1H3/p+1. The highest BCUT2D eigenvalue weighted by Crippen LogP contribution is 2.28. The second-order valence-electron chi connectivity index (χ2n) is 7.19. The molecule has 0 bridgehead atoms. The third-order valence-corrected chi connectivity index (χ3v) is 5.48. The summed E-state index contributed by atoms with van der Waals surface area (Å²) in [6.07, 6.45) is 1.77. The van der Waals surface area contributed by atoms with Crippen LogP contribution in [0.4, 0.5) is 5.69 Å². The number of carbonyl (C=O) groups excluding carboxylic acids is 1. The van der Waals surface area contributed by atoms with Gasteiger partial charge >= 0.3 is 5.97 Å². The Labute approximate surface area is 146 Å². The summed E-state index contributed by atoms with van der Waals surface area (Å²) in [5, 5.41) is 15.7. The first-order valence-corrected chi connectivity index (χ1v) is 8.67. The lowest BCUT2D eigenvalue weighted by atomic mass is 10.0. The predicted molar refractivity (Wildman–Crippen MR) is 91.0 cm³/mol. The number of cyclic esters (lactones) is 1. The summed E-state index contributed by atoms with van der Waals surface area (Å²) in [5.74, 6) is -0.352. The lowest BCUT2D eigenvalue weighted by Gasteiger charge is -2.43. The highest BCUT2D eigenvalue weighted by molar-refractivity contribution is 5.97. The van der Waals surface area contributed by atoms with Gasteiger partial charge in [-0.2, -0.15) is 5.26 Å². The van der Waals surface area contributed by atoms with Crippen LogP contribution < -0.4 is 21.5 Å². The summed E-state index contributed by atoms with van der Waals surface area (Å²) >= 11 is 0. The molecule has 4 unspecified atom stereocenters. The molecule has 1 aromatic rings. The SMILES string of the molecule is C[N+]1(C2CCC(C3Nc4cc(C#N)ccc4C(=O)O3)NN2)CCNC1. The minimum Gasteiger partial charge on any atom is -0.436 e. The first-order chi connectivity index (χ1) is 12.1. The summed E-state index contributed by atoms with van der Waals surface area (Å²) in [6, 6.07) is 7.03. The first kappa shape index (κ1) is 16.3. The smallest absolute Gasteiger partial charge is 0.342 e. The molecule has 8 heteroatoms. The van der Waals surface area contributed by atoms with Crippen LogP contribution in [0.25, 0.3) is 0 Å². The molecular weight excluding hydrogens is 320 g/mol. The van der Waals surface area contributed by atoms with Crippen LogP contribution in [-0.4, -0.2) is 55.7 Å². The summed E-state index contributed by atoms with van der Waals surface area (Å²) in [4.78, 5) is 12.3. The van der Waals surface area contributed by atoms with E-state index in [2.05, 4.69) is 34.6 Å². The molecule has 3 heterocycles. The Kier molecular flexibility index (Phi) is 4.09. The topological polar surface area (TPSA) is 98.2 Å². The van der Waals surface area contributed by atoms with Crippen molar-refractivity contribution in [2.24, 2.45) is 0 Å². The number of hydrogen-bond acceptors (Lipinski definition) is 7. The number of rotatable bonds is 2. The van der Waals surface area contributed by atoms with E-state index in [9.17, 15) is 4.79 Å². The molecule has 1 aromatic carbocycles. The molecule has 8 nitrogen and oxygen atoms in total. The third kappa shape index (κ3) is 2.96. The van der Waals surface area contributed by atoms with Gasteiger partial charge in [-0.3, -0.25) is 9.80 Å². The molecule has 0 aromatic heterocycles. The van der Waals surface area contributed by atoms with Gasteiger partial charge in [0.1, 0.15) is 6.67 Å². The minimum absolute atomic E-state index is 0.0266. The Morgan fingerprint density at radius 2 is 2.20 bits per heavy atom. The lowest BCUT2D eigenvalue weighted by Crippen LogP contribution is -2.67. The van der Waals surface area contributed by atoms with E-state index in [0.29, 0.717) is 23.0 Å². The van der Waals surface area contributed by atoms with E-state index in [1.807, 2.05) is 0 Å². The van der Waals surface area contributed by atoms with Gasteiger partial charge in [-0.1, -0.05) is 0 Å². The van der Waals surface area contributed by atoms with Crippen LogP contribution in [0.5, 0.6) is 0 Å². The number of nitrogens with one attached hydrogen (secondary N) is 4. The second-order valence-corrected chi connectivity index (χ2v) is 7.19. The Morgan fingerprint density at radius 3 is 2.88 bits per heavy atom. The van der Waals surface area contributed by atoms with Crippen LogP contribution in [0.3, 0.4) is 0 Å². The molecule has 4 rings (SSSR count). The fourth-order valence-electron chi connectivity index (χ4n) is 3.85. The average Bonchev–Trinajstić information content (AvgIpc) is 3.09. The van der Waals surface area contributed by atoms with Crippen LogP contribution in [-0.2, 0) is 4.74 Å². The average molecular weight is 343 g/mol. The highest BCUT2D eigenvalue weighted by Gasteiger charge is 2.41. The number of esters is 1. The van der Waals surface area contributed by atoms with Crippen molar-refractivity contribution in [1.82, 2.24) is 16.2 Å². The third-order valence-electron chi connectivity index (χ3n) is 5.48. The number of nitrogens with zero attached hydrogens (tertiary/aromatic N) is 2. The molecule has 2 saturated heterocycles. The van der Waals surface area contributed by atoms with Gasteiger partial charge in [0, 0.05) is 13.0 Å². The van der Waals surface area contributed by atoms with Gasteiger partial charge in [-0.05, 0) is 24.6 Å². The zero-order chi connectivity index (χ0) is 17.4. The molecule has 3 aliphatic rings. The van der Waals surface area contributed by atoms with E-state index in [-0.39, 0.29) is 12.0 Å². The fourth-order valence-corrected chi connectivity index (χ4v) is 3.85. The maximum atomic E-state index is 12.3.